The van der Waals surface area contributed by atoms with Gasteiger partial charge in [0.25, 0.3) is 5.91 Å². The van der Waals surface area contributed by atoms with E-state index in [-0.39, 0.29) is 16.4 Å². The Balaban J connectivity index is 1.77. The summed E-state index contributed by atoms with van der Waals surface area (Å²) in [5.41, 5.74) is -1.43. The Morgan fingerprint density at radius 3 is 2.42 bits per heavy atom. The van der Waals surface area contributed by atoms with E-state index >= 15 is 0 Å². The first kappa shape index (κ1) is 22.6. The highest BCUT2D eigenvalue weighted by molar-refractivity contribution is 6.47. The second kappa shape index (κ2) is 8.22. The lowest BCUT2D eigenvalue weighted by Gasteiger charge is -2.28. The van der Waals surface area contributed by atoms with Gasteiger partial charge >= 0.3 is 6.18 Å². The van der Waals surface area contributed by atoms with E-state index in [0.717, 1.165) is 18.2 Å². The van der Waals surface area contributed by atoms with Gasteiger partial charge < -0.3 is 15.0 Å². The molecule has 0 unspecified atom stereocenters. The highest BCUT2D eigenvalue weighted by Gasteiger charge is 2.41. The number of carbonyl (C=O) groups is 2. The third-order valence-electron chi connectivity index (χ3n) is 4.73. The van der Waals surface area contributed by atoms with Gasteiger partial charge in [0, 0.05) is 5.56 Å². The molecule has 0 aromatic heterocycles. The molecule has 0 radical (unpaired) electrons. The van der Waals surface area contributed by atoms with Crippen LogP contribution in [0.1, 0.15) is 25.0 Å². The van der Waals surface area contributed by atoms with Crippen molar-refractivity contribution in [1.82, 2.24) is 4.90 Å². The summed E-state index contributed by atoms with van der Waals surface area (Å²) in [5.74, 6) is -0.558. The predicted molar refractivity (Wildman–Crippen MR) is 110 cm³/mol. The van der Waals surface area contributed by atoms with Crippen LogP contribution in [-0.4, -0.2) is 41.7 Å². The summed E-state index contributed by atoms with van der Waals surface area (Å²) in [6.45, 7) is 2.90. The fraction of sp³-hybridized carbons (Fsp3) is 0.286. The largest absolute Gasteiger partial charge is 0.497 e. The van der Waals surface area contributed by atoms with E-state index in [1.54, 1.807) is 38.1 Å². The molecule has 6 nitrogen and oxygen atoms in total. The molecule has 164 valence electrons. The molecule has 3 rings (SSSR count). The lowest BCUT2D eigenvalue weighted by atomic mass is 10.1. The van der Waals surface area contributed by atoms with Crippen molar-refractivity contribution < 1.29 is 27.5 Å². The topological polar surface area (TPSA) is 71.0 Å². The van der Waals surface area contributed by atoms with Crippen LogP contribution in [0.15, 0.2) is 47.5 Å². The van der Waals surface area contributed by atoms with Crippen molar-refractivity contribution in [3.05, 3.63) is 58.6 Å². The molecule has 1 N–H and O–H groups in total. The number of nitrogens with one attached hydrogen (secondary N) is 1. The van der Waals surface area contributed by atoms with E-state index in [4.69, 9.17) is 16.3 Å². The Bertz CT molecular complexity index is 1050. The fourth-order valence-corrected chi connectivity index (χ4v) is 3.26. The number of aliphatic imine (C=N–C) groups is 1. The molecule has 0 saturated carbocycles. The van der Waals surface area contributed by atoms with Crippen LogP contribution in [0.25, 0.3) is 0 Å². The molecule has 0 aliphatic carbocycles. The molecule has 0 saturated heterocycles. The zero-order chi connectivity index (χ0) is 23.0. The van der Waals surface area contributed by atoms with Gasteiger partial charge in [-0.25, -0.2) is 0 Å². The Labute approximate surface area is 181 Å². The number of anilines is 1. The molecule has 2 aromatic rings. The molecule has 0 bridgehead atoms. The van der Waals surface area contributed by atoms with Gasteiger partial charge in [0.2, 0.25) is 5.91 Å². The molecule has 10 heteroatoms. The highest BCUT2D eigenvalue weighted by atomic mass is 35.5. The van der Waals surface area contributed by atoms with Gasteiger partial charge in [-0.3, -0.25) is 14.6 Å². The maximum atomic E-state index is 12.9. The molecule has 1 aliphatic rings. The van der Waals surface area contributed by atoms with E-state index in [1.807, 2.05) is 0 Å². The molecule has 0 atom stereocenters. The number of carbonyl (C=O) groups excluding carboxylic acids is 2. The molecule has 2 aromatic carbocycles. The standard InChI is InChI=1S/C21H19ClF3N3O3/c1-20(2)27-18(12-4-7-14(31-3)8-5-12)19(30)28(20)11-17(29)26-16-10-13(21(23,24)25)6-9-15(16)22/h4-10H,11H2,1-3H3,(H,26,29). The lowest BCUT2D eigenvalue weighted by molar-refractivity contribution is -0.137. The van der Waals surface area contributed by atoms with Crippen molar-refractivity contribution in [3.63, 3.8) is 0 Å². The Hall–Kier alpha value is -3.07. The summed E-state index contributed by atoms with van der Waals surface area (Å²) in [5, 5.41) is 2.29. The van der Waals surface area contributed by atoms with Gasteiger partial charge in [0.05, 0.1) is 23.4 Å². The van der Waals surface area contributed by atoms with Gasteiger partial charge in [-0.15, -0.1) is 0 Å². The maximum absolute atomic E-state index is 12.9. The van der Waals surface area contributed by atoms with E-state index in [1.165, 1.54) is 12.0 Å². The number of ether oxygens (including phenoxy) is 1. The van der Waals surface area contributed by atoms with Crippen molar-refractivity contribution in [2.75, 3.05) is 19.0 Å². The summed E-state index contributed by atoms with van der Waals surface area (Å²) >= 11 is 5.92. The number of nitrogens with zero attached hydrogens (tertiary/aromatic N) is 2. The number of rotatable bonds is 5. The molecule has 2 amide bonds. The van der Waals surface area contributed by atoms with E-state index < -0.39 is 35.8 Å². The molecule has 1 heterocycles. The van der Waals surface area contributed by atoms with Crippen molar-refractivity contribution in [2.24, 2.45) is 4.99 Å². The number of hydrogen-bond acceptors (Lipinski definition) is 4. The monoisotopic (exact) mass is 453 g/mol. The Morgan fingerprint density at radius 2 is 1.84 bits per heavy atom. The molecular weight excluding hydrogens is 435 g/mol. The molecule has 31 heavy (non-hydrogen) atoms. The zero-order valence-electron chi connectivity index (χ0n) is 16.9. The van der Waals surface area contributed by atoms with Crippen molar-refractivity contribution in [3.8, 4) is 5.75 Å². The van der Waals surface area contributed by atoms with Gasteiger partial charge in [-0.2, -0.15) is 13.2 Å². The first-order valence-corrected chi connectivity index (χ1v) is 9.53. The summed E-state index contributed by atoms with van der Waals surface area (Å²) in [7, 11) is 1.52. The highest BCUT2D eigenvalue weighted by Crippen LogP contribution is 2.34. The second-order valence-corrected chi connectivity index (χ2v) is 7.72. The fourth-order valence-electron chi connectivity index (χ4n) is 3.09. The second-order valence-electron chi connectivity index (χ2n) is 7.32. The average molecular weight is 454 g/mol. The van der Waals surface area contributed by atoms with Crippen LogP contribution < -0.4 is 10.1 Å². The van der Waals surface area contributed by atoms with Crippen LogP contribution >= 0.6 is 11.6 Å². The van der Waals surface area contributed by atoms with E-state index in [9.17, 15) is 22.8 Å². The minimum absolute atomic E-state index is 0.0523. The van der Waals surface area contributed by atoms with Crippen molar-refractivity contribution in [2.45, 2.75) is 25.7 Å². The zero-order valence-corrected chi connectivity index (χ0v) is 17.6. The normalized spacial score (nSPS) is 15.6. The SMILES string of the molecule is COc1ccc(C2=NC(C)(C)N(CC(=O)Nc3cc(C(F)(F)F)ccc3Cl)C2=O)cc1. The lowest BCUT2D eigenvalue weighted by Crippen LogP contribution is -2.46. The third kappa shape index (κ3) is 4.82. The molecule has 1 aliphatic heterocycles. The summed E-state index contributed by atoms with van der Waals surface area (Å²) in [4.78, 5) is 31.1. The number of methoxy groups -OCH3 is 1. The molecular formula is C21H19ClF3N3O3. The summed E-state index contributed by atoms with van der Waals surface area (Å²) in [6.07, 6.45) is -4.59. The number of hydrogen-bond donors (Lipinski definition) is 1. The van der Waals surface area contributed by atoms with Crippen LogP contribution in [-0.2, 0) is 15.8 Å². The van der Waals surface area contributed by atoms with Gasteiger partial charge in [-0.1, -0.05) is 11.6 Å². The first-order chi connectivity index (χ1) is 14.4. The van der Waals surface area contributed by atoms with Crippen LogP contribution in [0.5, 0.6) is 5.75 Å². The smallest absolute Gasteiger partial charge is 0.416 e. The number of alkyl halides is 3. The average Bonchev–Trinajstić information content (AvgIpc) is 2.92. The van der Waals surface area contributed by atoms with Crippen molar-refractivity contribution in [1.29, 1.82) is 0 Å². The van der Waals surface area contributed by atoms with Gasteiger partial charge in [0.1, 0.15) is 23.7 Å². The van der Waals surface area contributed by atoms with Crippen molar-refractivity contribution >= 4 is 34.8 Å². The van der Waals surface area contributed by atoms with Gasteiger partial charge in [0.15, 0.2) is 0 Å². The van der Waals surface area contributed by atoms with Crippen LogP contribution in [0, 0.1) is 0 Å². The minimum atomic E-state index is -4.59. The van der Waals surface area contributed by atoms with Crippen LogP contribution in [0.3, 0.4) is 0 Å². The van der Waals surface area contributed by atoms with Gasteiger partial charge in [-0.05, 0) is 56.3 Å². The summed E-state index contributed by atoms with van der Waals surface area (Å²) < 4.78 is 43.9. The quantitative estimate of drug-likeness (QED) is 0.730. The maximum Gasteiger partial charge on any atom is 0.416 e. The Kier molecular flexibility index (Phi) is 6.00. The minimum Gasteiger partial charge on any atom is -0.497 e. The third-order valence-corrected chi connectivity index (χ3v) is 5.06. The van der Waals surface area contributed by atoms with E-state index in [0.29, 0.717) is 11.3 Å². The predicted octanol–water partition coefficient (Wildman–Crippen LogP) is 4.37. The number of benzene rings is 2. The van der Waals surface area contributed by atoms with Crippen LogP contribution in [0.2, 0.25) is 5.02 Å². The summed E-state index contributed by atoms with van der Waals surface area (Å²) in [6, 6.07) is 9.34. The number of halogens is 4. The first-order valence-electron chi connectivity index (χ1n) is 9.15. The Morgan fingerprint density at radius 1 is 1.19 bits per heavy atom. The molecule has 0 fully saturated rings. The number of amides is 2. The van der Waals surface area contributed by atoms with Crippen LogP contribution in [0.4, 0.5) is 18.9 Å². The van der Waals surface area contributed by atoms with E-state index in [2.05, 4.69) is 10.3 Å². The molecule has 0 spiro atoms.